The first-order valence-electron chi connectivity index (χ1n) is 12.7. The summed E-state index contributed by atoms with van der Waals surface area (Å²) < 4.78 is 16.5. The fourth-order valence-electron chi connectivity index (χ4n) is 4.27. The summed E-state index contributed by atoms with van der Waals surface area (Å²) in [5.74, 6) is 1.03. The molecule has 0 heterocycles. The van der Waals surface area contributed by atoms with Crippen LogP contribution in [0.15, 0.2) is 103 Å². The number of carbonyl (C=O) groups excluding carboxylic acids is 2. The second-order valence-electron chi connectivity index (χ2n) is 8.93. The monoisotopic (exact) mass is 558 g/mol. The minimum atomic E-state index is -0.930. The number of hydrogen-bond acceptors (Lipinski definition) is 5. The number of hydrogen-bond donors (Lipinski definition) is 1. The Morgan fingerprint density at radius 2 is 1.45 bits per heavy atom. The van der Waals surface area contributed by atoms with Crippen molar-refractivity contribution in [1.82, 2.24) is 10.2 Å². The van der Waals surface area contributed by atoms with Gasteiger partial charge >= 0.3 is 0 Å². The van der Waals surface area contributed by atoms with Crippen molar-refractivity contribution in [2.24, 2.45) is 0 Å². The van der Waals surface area contributed by atoms with E-state index in [4.69, 9.17) is 25.8 Å². The molecule has 0 aliphatic rings. The lowest BCUT2D eigenvalue weighted by Crippen LogP contribution is -2.45. The Bertz CT molecular complexity index is 1410. The number of methoxy groups -OCH3 is 2. The Labute approximate surface area is 239 Å². The van der Waals surface area contributed by atoms with Crippen LogP contribution in [0.5, 0.6) is 17.2 Å². The molecule has 4 rings (SSSR count). The summed E-state index contributed by atoms with van der Waals surface area (Å²) in [4.78, 5) is 29.2. The van der Waals surface area contributed by atoms with Gasteiger partial charge in [-0.1, -0.05) is 84.4 Å². The molecule has 7 nitrogen and oxygen atoms in total. The van der Waals surface area contributed by atoms with E-state index in [1.807, 2.05) is 78.9 Å². The van der Waals surface area contributed by atoms with Gasteiger partial charge < -0.3 is 24.4 Å². The minimum Gasteiger partial charge on any atom is -0.497 e. The van der Waals surface area contributed by atoms with Gasteiger partial charge in [0.2, 0.25) is 5.91 Å². The third-order valence-electron chi connectivity index (χ3n) is 6.34. The zero-order valence-electron chi connectivity index (χ0n) is 22.4. The van der Waals surface area contributed by atoms with E-state index in [0.29, 0.717) is 27.8 Å². The molecular formula is C32H31ClN2O5. The fourth-order valence-corrected chi connectivity index (χ4v) is 4.46. The highest BCUT2D eigenvalue weighted by Crippen LogP contribution is 2.27. The predicted octanol–water partition coefficient (Wildman–Crippen LogP) is 5.82. The smallest absolute Gasteiger partial charge is 0.261 e. The summed E-state index contributed by atoms with van der Waals surface area (Å²) in [6, 6.07) is 30.0. The normalized spacial score (nSPS) is 11.3. The molecular weight excluding hydrogens is 528 g/mol. The number of rotatable bonds is 12. The zero-order chi connectivity index (χ0) is 28.3. The van der Waals surface area contributed by atoms with Crippen molar-refractivity contribution in [3.8, 4) is 17.2 Å². The summed E-state index contributed by atoms with van der Waals surface area (Å²) in [6.07, 6.45) is 0. The number of benzene rings is 4. The molecule has 2 amide bonds. The average Bonchev–Trinajstić information content (AvgIpc) is 3.00. The maximum absolute atomic E-state index is 13.9. The molecule has 0 fully saturated rings. The van der Waals surface area contributed by atoms with Gasteiger partial charge in [0.25, 0.3) is 5.91 Å². The molecule has 0 unspecified atom stereocenters. The van der Waals surface area contributed by atoms with Crippen LogP contribution in [0, 0.1) is 0 Å². The molecule has 0 aliphatic carbocycles. The first-order valence-corrected chi connectivity index (χ1v) is 13.1. The second kappa shape index (κ2) is 14.1. The molecule has 4 aromatic carbocycles. The summed E-state index contributed by atoms with van der Waals surface area (Å²) in [5.41, 5.74) is 2.31. The van der Waals surface area contributed by atoms with E-state index in [1.165, 1.54) is 4.90 Å². The number of carbonyl (C=O) groups is 2. The first kappa shape index (κ1) is 28.5. The van der Waals surface area contributed by atoms with E-state index >= 15 is 0 Å². The van der Waals surface area contributed by atoms with Gasteiger partial charge in [-0.25, -0.2) is 0 Å². The molecule has 0 saturated heterocycles. The SMILES string of the molecule is COc1ccc(CN(C(=O)COc2ccccc2Cl)[C@H](C(=O)NCc2ccccc2OC)c2ccccc2)cc1. The highest BCUT2D eigenvalue weighted by Gasteiger charge is 2.32. The number of amides is 2. The van der Waals surface area contributed by atoms with Crippen LogP contribution in [0.4, 0.5) is 0 Å². The largest absolute Gasteiger partial charge is 0.497 e. The molecule has 0 bridgehead atoms. The van der Waals surface area contributed by atoms with Gasteiger partial charge in [0.1, 0.15) is 23.3 Å². The minimum absolute atomic E-state index is 0.163. The summed E-state index contributed by atoms with van der Waals surface area (Å²) in [6.45, 7) is 0.0895. The highest BCUT2D eigenvalue weighted by molar-refractivity contribution is 6.32. The van der Waals surface area contributed by atoms with E-state index in [0.717, 1.165) is 11.1 Å². The van der Waals surface area contributed by atoms with Crippen LogP contribution in [0.25, 0.3) is 0 Å². The summed E-state index contributed by atoms with van der Waals surface area (Å²) >= 11 is 6.24. The van der Waals surface area contributed by atoms with Gasteiger partial charge in [0.05, 0.1) is 19.2 Å². The third-order valence-corrected chi connectivity index (χ3v) is 6.65. The van der Waals surface area contributed by atoms with E-state index in [1.54, 1.807) is 38.5 Å². The maximum atomic E-state index is 13.9. The van der Waals surface area contributed by atoms with E-state index in [-0.39, 0.29) is 31.5 Å². The van der Waals surface area contributed by atoms with Gasteiger partial charge in [-0.3, -0.25) is 9.59 Å². The Balaban J connectivity index is 1.65. The van der Waals surface area contributed by atoms with Crippen molar-refractivity contribution in [1.29, 1.82) is 0 Å². The number of nitrogens with one attached hydrogen (secondary N) is 1. The number of halogens is 1. The van der Waals surface area contributed by atoms with Gasteiger partial charge in [0.15, 0.2) is 6.61 Å². The number of nitrogens with zero attached hydrogens (tertiary/aromatic N) is 1. The molecule has 4 aromatic rings. The Morgan fingerprint density at radius 3 is 2.12 bits per heavy atom. The molecule has 8 heteroatoms. The lowest BCUT2D eigenvalue weighted by Gasteiger charge is -2.31. The van der Waals surface area contributed by atoms with Crippen LogP contribution < -0.4 is 19.5 Å². The fraction of sp³-hybridized carbons (Fsp3) is 0.188. The molecule has 0 aliphatic heterocycles. The van der Waals surface area contributed by atoms with Crippen molar-refractivity contribution in [3.63, 3.8) is 0 Å². The van der Waals surface area contributed by atoms with Crippen LogP contribution in [-0.4, -0.2) is 37.5 Å². The first-order chi connectivity index (χ1) is 19.5. The summed E-state index contributed by atoms with van der Waals surface area (Å²) in [7, 11) is 3.18. The van der Waals surface area contributed by atoms with E-state index in [9.17, 15) is 9.59 Å². The number of para-hydroxylation sites is 2. The van der Waals surface area contributed by atoms with Gasteiger partial charge in [-0.05, 0) is 41.5 Å². The van der Waals surface area contributed by atoms with Crippen LogP contribution >= 0.6 is 11.6 Å². The van der Waals surface area contributed by atoms with Crippen LogP contribution in [0.3, 0.4) is 0 Å². The quantitative estimate of drug-likeness (QED) is 0.237. The standard InChI is InChI=1S/C32H31ClN2O5/c1-38-26-18-16-23(17-19-26)21-35(30(36)22-40-29-15-9-7-13-27(29)33)31(24-10-4-3-5-11-24)32(37)34-20-25-12-6-8-14-28(25)39-2/h3-19,31H,20-22H2,1-2H3,(H,34,37)/t31-/m0/s1. The molecule has 0 spiro atoms. The van der Waals surface area contributed by atoms with Crippen molar-refractivity contribution in [3.05, 3.63) is 125 Å². The Hall–Kier alpha value is -4.49. The molecule has 1 atom stereocenters. The van der Waals surface area contributed by atoms with E-state index in [2.05, 4.69) is 5.32 Å². The van der Waals surface area contributed by atoms with E-state index < -0.39 is 6.04 Å². The van der Waals surface area contributed by atoms with Crippen LogP contribution in [0.1, 0.15) is 22.7 Å². The summed E-state index contributed by atoms with van der Waals surface area (Å²) in [5, 5.41) is 3.39. The molecule has 206 valence electrons. The molecule has 0 aromatic heterocycles. The van der Waals surface area contributed by atoms with Crippen LogP contribution in [0.2, 0.25) is 5.02 Å². The maximum Gasteiger partial charge on any atom is 0.261 e. The van der Waals surface area contributed by atoms with Crippen molar-refractivity contribution >= 4 is 23.4 Å². The van der Waals surface area contributed by atoms with Gasteiger partial charge in [-0.15, -0.1) is 0 Å². The van der Waals surface area contributed by atoms with Crippen molar-refractivity contribution in [2.75, 3.05) is 20.8 Å². The Kier molecular flexibility index (Phi) is 10.0. The van der Waals surface area contributed by atoms with Crippen molar-refractivity contribution < 1.29 is 23.8 Å². The molecule has 0 saturated carbocycles. The third kappa shape index (κ3) is 7.33. The Morgan fingerprint density at radius 1 is 0.800 bits per heavy atom. The topological polar surface area (TPSA) is 77.1 Å². The lowest BCUT2D eigenvalue weighted by molar-refractivity contribution is -0.143. The zero-order valence-corrected chi connectivity index (χ0v) is 23.1. The van der Waals surface area contributed by atoms with Crippen LogP contribution in [-0.2, 0) is 22.7 Å². The second-order valence-corrected chi connectivity index (χ2v) is 9.34. The van der Waals surface area contributed by atoms with Crippen molar-refractivity contribution in [2.45, 2.75) is 19.1 Å². The van der Waals surface area contributed by atoms with Gasteiger partial charge in [0, 0.05) is 18.7 Å². The molecule has 1 N–H and O–H groups in total. The molecule has 40 heavy (non-hydrogen) atoms. The lowest BCUT2D eigenvalue weighted by atomic mass is 10.0. The molecule has 0 radical (unpaired) electrons. The average molecular weight is 559 g/mol. The number of ether oxygens (including phenoxy) is 3. The van der Waals surface area contributed by atoms with Gasteiger partial charge in [-0.2, -0.15) is 0 Å². The highest BCUT2D eigenvalue weighted by atomic mass is 35.5. The predicted molar refractivity (Wildman–Crippen MR) is 155 cm³/mol.